The highest BCUT2D eigenvalue weighted by atomic mass is 35.5. The van der Waals surface area contributed by atoms with Crippen LogP contribution in [-0.4, -0.2) is 17.7 Å². The summed E-state index contributed by atoms with van der Waals surface area (Å²) < 4.78 is 2.36. The molecule has 1 aromatic carbocycles. The Morgan fingerprint density at radius 1 is 1.28 bits per heavy atom. The van der Waals surface area contributed by atoms with E-state index in [0.717, 1.165) is 18.1 Å². The molecule has 0 saturated carbocycles. The second-order valence-electron chi connectivity index (χ2n) is 5.26. The van der Waals surface area contributed by atoms with Crippen LogP contribution in [0.1, 0.15) is 30.0 Å². The molecule has 0 amide bonds. The number of hydrogen-bond donors (Lipinski definition) is 1. The summed E-state index contributed by atoms with van der Waals surface area (Å²) in [5.74, 6) is 0.683. The minimum atomic E-state index is 0.683. The molecule has 1 aromatic heterocycles. The van der Waals surface area contributed by atoms with Gasteiger partial charge in [-0.15, -0.1) is 0 Å². The molecule has 2 heterocycles. The number of rotatable bonds is 1. The molecule has 96 valence electrons. The molecular weight excluding hydrogens is 244 g/mol. The fourth-order valence-electron chi connectivity index (χ4n) is 3.30. The van der Waals surface area contributed by atoms with Gasteiger partial charge in [-0.1, -0.05) is 11.6 Å². The molecule has 3 heteroatoms. The van der Waals surface area contributed by atoms with Crippen molar-refractivity contribution in [1.29, 1.82) is 0 Å². The summed E-state index contributed by atoms with van der Waals surface area (Å²) in [7, 11) is 2.18. The first-order valence-corrected chi connectivity index (χ1v) is 7.01. The average molecular weight is 263 g/mol. The van der Waals surface area contributed by atoms with E-state index in [2.05, 4.69) is 36.0 Å². The molecule has 0 radical (unpaired) electrons. The summed E-state index contributed by atoms with van der Waals surface area (Å²) in [5, 5.41) is 5.57. The molecule has 18 heavy (non-hydrogen) atoms. The average Bonchev–Trinajstić information content (AvgIpc) is 2.63. The van der Waals surface area contributed by atoms with Gasteiger partial charge in [0.15, 0.2) is 0 Å². The minimum absolute atomic E-state index is 0.683. The van der Waals surface area contributed by atoms with Crippen molar-refractivity contribution in [3.05, 3.63) is 34.5 Å². The Hall–Kier alpha value is -0.990. The van der Waals surface area contributed by atoms with Gasteiger partial charge in [0.25, 0.3) is 0 Å². The first-order chi connectivity index (χ1) is 8.68. The van der Waals surface area contributed by atoms with E-state index >= 15 is 0 Å². The van der Waals surface area contributed by atoms with Gasteiger partial charge in [0.1, 0.15) is 0 Å². The molecule has 3 rings (SSSR count). The van der Waals surface area contributed by atoms with Crippen LogP contribution in [0.3, 0.4) is 0 Å². The fraction of sp³-hybridized carbons (Fsp3) is 0.467. The van der Waals surface area contributed by atoms with E-state index in [4.69, 9.17) is 11.6 Å². The summed E-state index contributed by atoms with van der Waals surface area (Å²) in [6.45, 7) is 4.49. The number of piperidine rings is 1. The lowest BCUT2D eigenvalue weighted by Gasteiger charge is -2.24. The molecule has 0 atom stereocenters. The number of hydrogen-bond acceptors (Lipinski definition) is 1. The number of benzene rings is 1. The highest BCUT2D eigenvalue weighted by molar-refractivity contribution is 6.31. The predicted molar refractivity (Wildman–Crippen MR) is 77.5 cm³/mol. The Morgan fingerprint density at radius 2 is 2.00 bits per heavy atom. The lowest BCUT2D eigenvalue weighted by molar-refractivity contribution is 0.445. The van der Waals surface area contributed by atoms with Crippen molar-refractivity contribution in [3.8, 4) is 0 Å². The Labute approximate surface area is 113 Å². The van der Waals surface area contributed by atoms with Gasteiger partial charge >= 0.3 is 0 Å². The minimum Gasteiger partial charge on any atom is -0.347 e. The van der Waals surface area contributed by atoms with Crippen LogP contribution in [0.15, 0.2) is 18.2 Å². The monoisotopic (exact) mass is 262 g/mol. The Morgan fingerprint density at radius 3 is 2.72 bits per heavy atom. The quantitative estimate of drug-likeness (QED) is 0.831. The highest BCUT2D eigenvalue weighted by Crippen LogP contribution is 2.35. The van der Waals surface area contributed by atoms with Crippen molar-refractivity contribution in [2.24, 2.45) is 7.05 Å². The van der Waals surface area contributed by atoms with E-state index in [9.17, 15) is 0 Å². The van der Waals surface area contributed by atoms with Crippen LogP contribution in [0.2, 0.25) is 5.02 Å². The smallest absolute Gasteiger partial charge is 0.0483 e. The third-order valence-electron chi connectivity index (χ3n) is 4.20. The van der Waals surface area contributed by atoms with Gasteiger partial charge in [0, 0.05) is 34.6 Å². The number of aryl methyl sites for hydroxylation is 2. The van der Waals surface area contributed by atoms with Crippen LogP contribution in [-0.2, 0) is 7.05 Å². The number of nitrogens with zero attached hydrogens (tertiary/aromatic N) is 1. The largest absolute Gasteiger partial charge is 0.347 e. The van der Waals surface area contributed by atoms with Crippen molar-refractivity contribution in [3.63, 3.8) is 0 Å². The lowest BCUT2D eigenvalue weighted by Crippen LogP contribution is -2.27. The molecule has 2 aromatic rings. The van der Waals surface area contributed by atoms with Gasteiger partial charge in [0.05, 0.1) is 0 Å². The zero-order chi connectivity index (χ0) is 12.7. The number of nitrogens with one attached hydrogen (secondary N) is 1. The summed E-state index contributed by atoms with van der Waals surface area (Å²) >= 11 is 6.12. The van der Waals surface area contributed by atoms with Crippen LogP contribution in [0.4, 0.5) is 0 Å². The molecule has 2 nitrogen and oxygen atoms in total. The summed E-state index contributed by atoms with van der Waals surface area (Å²) in [4.78, 5) is 0. The van der Waals surface area contributed by atoms with Crippen LogP contribution >= 0.6 is 11.6 Å². The lowest BCUT2D eigenvalue weighted by atomic mass is 9.92. The molecule has 1 fully saturated rings. The third-order valence-corrected chi connectivity index (χ3v) is 4.43. The van der Waals surface area contributed by atoms with Crippen molar-refractivity contribution in [2.75, 3.05) is 13.1 Å². The van der Waals surface area contributed by atoms with Gasteiger partial charge in [-0.25, -0.2) is 0 Å². The van der Waals surface area contributed by atoms with Crippen LogP contribution in [0.5, 0.6) is 0 Å². The summed E-state index contributed by atoms with van der Waals surface area (Å²) in [6.07, 6.45) is 2.47. The Kier molecular flexibility index (Phi) is 3.08. The second-order valence-corrected chi connectivity index (χ2v) is 5.69. The van der Waals surface area contributed by atoms with Gasteiger partial charge in [0.2, 0.25) is 0 Å². The normalized spacial score (nSPS) is 17.5. The number of fused-ring (bicyclic) bond motifs is 1. The van der Waals surface area contributed by atoms with Crippen molar-refractivity contribution < 1.29 is 0 Å². The maximum Gasteiger partial charge on any atom is 0.0483 e. The molecule has 0 bridgehead atoms. The van der Waals surface area contributed by atoms with Crippen LogP contribution in [0, 0.1) is 6.92 Å². The summed E-state index contributed by atoms with van der Waals surface area (Å²) in [6, 6.07) is 6.21. The van der Waals surface area contributed by atoms with E-state index in [1.807, 2.05) is 6.07 Å². The van der Waals surface area contributed by atoms with Gasteiger partial charge < -0.3 is 9.88 Å². The summed E-state index contributed by atoms with van der Waals surface area (Å²) in [5.41, 5.74) is 4.20. The SMILES string of the molecule is Cc1c(C2CCNCC2)n(C)c2ccc(Cl)cc12. The highest BCUT2D eigenvalue weighted by Gasteiger charge is 2.22. The van der Waals surface area contributed by atoms with Crippen LogP contribution in [0.25, 0.3) is 10.9 Å². The van der Waals surface area contributed by atoms with E-state index in [1.54, 1.807) is 0 Å². The van der Waals surface area contributed by atoms with Crippen LogP contribution < -0.4 is 5.32 Å². The van der Waals surface area contributed by atoms with Crippen molar-refractivity contribution >= 4 is 22.5 Å². The molecule has 1 saturated heterocycles. The van der Waals surface area contributed by atoms with Gasteiger partial charge in [-0.3, -0.25) is 0 Å². The molecule has 1 aliphatic heterocycles. The fourth-order valence-corrected chi connectivity index (χ4v) is 3.47. The predicted octanol–water partition coefficient (Wildman–Crippen LogP) is 3.61. The first-order valence-electron chi connectivity index (χ1n) is 6.63. The molecule has 0 spiro atoms. The maximum absolute atomic E-state index is 6.12. The van der Waals surface area contributed by atoms with Gasteiger partial charge in [-0.2, -0.15) is 0 Å². The maximum atomic E-state index is 6.12. The zero-order valence-corrected chi connectivity index (χ0v) is 11.7. The second kappa shape index (κ2) is 4.60. The molecule has 0 unspecified atom stereocenters. The first kappa shape index (κ1) is 12.1. The van der Waals surface area contributed by atoms with E-state index in [-0.39, 0.29) is 0 Å². The molecule has 1 N–H and O–H groups in total. The standard InChI is InChI=1S/C15H19ClN2/c1-10-13-9-12(16)3-4-14(13)18(2)15(10)11-5-7-17-8-6-11/h3-4,9,11,17H,5-8H2,1-2H3. The van der Waals surface area contributed by atoms with E-state index in [1.165, 1.54) is 35.0 Å². The Bertz CT molecular complexity index is 580. The van der Waals surface area contributed by atoms with Gasteiger partial charge in [-0.05, 0) is 56.6 Å². The third kappa shape index (κ3) is 1.84. The topological polar surface area (TPSA) is 17.0 Å². The van der Waals surface area contributed by atoms with Crippen molar-refractivity contribution in [1.82, 2.24) is 9.88 Å². The molecular formula is C15H19ClN2. The van der Waals surface area contributed by atoms with E-state index in [0.29, 0.717) is 5.92 Å². The molecule has 1 aliphatic rings. The van der Waals surface area contributed by atoms with E-state index < -0.39 is 0 Å². The number of aromatic nitrogens is 1. The zero-order valence-electron chi connectivity index (χ0n) is 11.0. The van der Waals surface area contributed by atoms with Crippen molar-refractivity contribution in [2.45, 2.75) is 25.7 Å². The number of halogens is 1. The molecule has 0 aliphatic carbocycles. The Balaban J connectivity index is 2.16.